The first-order chi connectivity index (χ1) is 7.31. The van der Waals surface area contributed by atoms with Crippen molar-refractivity contribution in [3.05, 3.63) is 29.8 Å². The fourth-order valence-electron chi connectivity index (χ4n) is 1.24. The number of aromatic hydroxyl groups is 1. The smallest absolute Gasteiger partial charge is 0.328 e. The van der Waals surface area contributed by atoms with E-state index in [1.54, 1.807) is 39.0 Å². The van der Waals surface area contributed by atoms with E-state index in [-0.39, 0.29) is 5.75 Å². The lowest BCUT2D eigenvalue weighted by atomic mass is 10.1. The predicted molar refractivity (Wildman–Crippen MR) is 60.9 cm³/mol. The average Bonchev–Trinajstić information content (AvgIpc) is 2.15. The molecule has 0 saturated carbocycles. The number of benzene rings is 1. The molecule has 88 valence electrons. The third-order valence-electron chi connectivity index (χ3n) is 1.93. The number of carbonyl (C=O) groups excluding carboxylic acids is 1. The van der Waals surface area contributed by atoms with E-state index in [1.165, 1.54) is 6.07 Å². The van der Waals surface area contributed by atoms with Gasteiger partial charge < -0.3 is 15.6 Å². The molecule has 4 heteroatoms. The number of rotatable bonds is 2. The molecule has 1 aromatic rings. The number of phenols is 1. The third-order valence-corrected chi connectivity index (χ3v) is 1.93. The molecule has 3 N–H and O–H groups in total. The maximum Gasteiger partial charge on any atom is 0.328 e. The zero-order valence-electron chi connectivity index (χ0n) is 9.73. The van der Waals surface area contributed by atoms with Gasteiger partial charge in [0.1, 0.15) is 17.4 Å². The SMILES string of the molecule is CC(C)(C)OC(=O)[C@H](N)c1ccccc1O. The number of hydrogen-bond donors (Lipinski definition) is 2. The maximum atomic E-state index is 11.7. The standard InChI is InChI=1S/C12H17NO3/c1-12(2,3)16-11(15)10(13)8-6-4-5-7-9(8)14/h4-7,10,14H,13H2,1-3H3/t10-/m1/s1. The minimum absolute atomic E-state index is 0.000796. The summed E-state index contributed by atoms with van der Waals surface area (Å²) >= 11 is 0. The minimum Gasteiger partial charge on any atom is -0.508 e. The van der Waals surface area contributed by atoms with Gasteiger partial charge in [-0.3, -0.25) is 0 Å². The average molecular weight is 223 g/mol. The Bertz CT molecular complexity index is 382. The summed E-state index contributed by atoms with van der Waals surface area (Å²) < 4.78 is 5.13. The Balaban J connectivity index is 2.83. The topological polar surface area (TPSA) is 72.5 Å². The first kappa shape index (κ1) is 12.5. The van der Waals surface area contributed by atoms with Gasteiger partial charge in [0, 0.05) is 5.56 Å². The molecule has 0 radical (unpaired) electrons. The van der Waals surface area contributed by atoms with Gasteiger partial charge in [-0.2, -0.15) is 0 Å². The lowest BCUT2D eigenvalue weighted by Crippen LogP contribution is -2.31. The molecule has 1 rings (SSSR count). The van der Waals surface area contributed by atoms with Crippen LogP contribution in [0, 0.1) is 0 Å². The molecule has 0 bridgehead atoms. The van der Waals surface area contributed by atoms with Crippen molar-refractivity contribution in [2.24, 2.45) is 5.73 Å². The summed E-state index contributed by atoms with van der Waals surface area (Å²) in [5, 5.41) is 9.54. The second kappa shape index (κ2) is 4.53. The molecule has 1 aromatic carbocycles. The number of ether oxygens (including phenoxy) is 1. The second-order valence-electron chi connectivity index (χ2n) is 4.57. The van der Waals surface area contributed by atoms with E-state index in [2.05, 4.69) is 0 Å². The third kappa shape index (κ3) is 3.24. The largest absolute Gasteiger partial charge is 0.508 e. The van der Waals surface area contributed by atoms with Crippen molar-refractivity contribution < 1.29 is 14.6 Å². The first-order valence-electron chi connectivity index (χ1n) is 5.07. The van der Waals surface area contributed by atoms with Crippen molar-refractivity contribution in [2.45, 2.75) is 32.4 Å². The van der Waals surface area contributed by atoms with Crippen LogP contribution in [0.2, 0.25) is 0 Å². The fourth-order valence-corrected chi connectivity index (χ4v) is 1.24. The highest BCUT2D eigenvalue weighted by Gasteiger charge is 2.24. The van der Waals surface area contributed by atoms with Crippen LogP contribution in [0.4, 0.5) is 0 Å². The van der Waals surface area contributed by atoms with E-state index in [0.717, 1.165) is 0 Å². The molecule has 0 aliphatic rings. The van der Waals surface area contributed by atoms with Crippen molar-refractivity contribution in [2.75, 3.05) is 0 Å². The van der Waals surface area contributed by atoms with Crippen LogP contribution >= 0.6 is 0 Å². The van der Waals surface area contributed by atoms with Crippen LogP contribution in [-0.2, 0) is 9.53 Å². The van der Waals surface area contributed by atoms with Crippen molar-refractivity contribution in [3.8, 4) is 5.75 Å². The Hall–Kier alpha value is -1.55. The molecule has 0 heterocycles. The Kier molecular flexibility index (Phi) is 3.55. The van der Waals surface area contributed by atoms with Crippen LogP contribution in [0.3, 0.4) is 0 Å². The lowest BCUT2D eigenvalue weighted by molar-refractivity contribution is -0.156. The summed E-state index contributed by atoms with van der Waals surface area (Å²) in [4.78, 5) is 11.7. The van der Waals surface area contributed by atoms with Gasteiger partial charge in [0.15, 0.2) is 0 Å². The quantitative estimate of drug-likeness (QED) is 0.749. The van der Waals surface area contributed by atoms with E-state index in [4.69, 9.17) is 10.5 Å². The summed E-state index contributed by atoms with van der Waals surface area (Å²) in [5.74, 6) is -0.546. The van der Waals surface area contributed by atoms with Gasteiger partial charge in [0.2, 0.25) is 0 Å². The number of carbonyl (C=O) groups is 1. The Morgan fingerprint density at radius 3 is 2.44 bits per heavy atom. The van der Waals surface area contributed by atoms with Crippen LogP contribution in [0.15, 0.2) is 24.3 Å². The van der Waals surface area contributed by atoms with E-state index in [1.807, 2.05) is 0 Å². The molecule has 4 nitrogen and oxygen atoms in total. The van der Waals surface area contributed by atoms with Crippen LogP contribution < -0.4 is 5.73 Å². The van der Waals surface area contributed by atoms with Crippen molar-refractivity contribution >= 4 is 5.97 Å². The number of para-hydroxylation sites is 1. The van der Waals surface area contributed by atoms with Crippen LogP contribution in [0.1, 0.15) is 32.4 Å². The number of hydrogen-bond acceptors (Lipinski definition) is 4. The molecule has 0 aromatic heterocycles. The molecule has 0 unspecified atom stereocenters. The van der Waals surface area contributed by atoms with Crippen molar-refractivity contribution in [1.82, 2.24) is 0 Å². The molecular formula is C12H17NO3. The summed E-state index contributed by atoms with van der Waals surface area (Å²) in [6.45, 7) is 5.30. The molecule has 1 atom stereocenters. The Morgan fingerprint density at radius 2 is 1.94 bits per heavy atom. The summed E-state index contributed by atoms with van der Waals surface area (Å²) in [7, 11) is 0. The zero-order valence-corrected chi connectivity index (χ0v) is 9.73. The molecular weight excluding hydrogens is 206 g/mol. The lowest BCUT2D eigenvalue weighted by Gasteiger charge is -2.22. The zero-order chi connectivity index (χ0) is 12.3. The van der Waals surface area contributed by atoms with Gasteiger partial charge in [-0.25, -0.2) is 4.79 Å². The second-order valence-corrected chi connectivity index (χ2v) is 4.57. The van der Waals surface area contributed by atoms with Gasteiger partial charge >= 0.3 is 5.97 Å². The summed E-state index contributed by atoms with van der Waals surface area (Å²) in [6.07, 6.45) is 0. The number of nitrogens with two attached hydrogens (primary N) is 1. The molecule has 16 heavy (non-hydrogen) atoms. The highest BCUT2D eigenvalue weighted by molar-refractivity contribution is 5.78. The molecule has 0 fully saturated rings. The molecule has 0 aliphatic carbocycles. The van der Waals surface area contributed by atoms with Gasteiger partial charge in [-0.05, 0) is 26.8 Å². The minimum atomic E-state index is -0.958. The first-order valence-corrected chi connectivity index (χ1v) is 5.07. The highest BCUT2D eigenvalue weighted by atomic mass is 16.6. The molecule has 0 spiro atoms. The van der Waals surface area contributed by atoms with Crippen LogP contribution in [0.5, 0.6) is 5.75 Å². The predicted octanol–water partition coefficient (Wildman–Crippen LogP) is 1.73. The normalized spacial score (nSPS) is 13.2. The van der Waals surface area contributed by atoms with Crippen molar-refractivity contribution in [3.63, 3.8) is 0 Å². The maximum absolute atomic E-state index is 11.7. The number of esters is 1. The number of phenolic OH excluding ortho intramolecular Hbond substituents is 1. The van der Waals surface area contributed by atoms with Gasteiger partial charge in [-0.15, -0.1) is 0 Å². The monoisotopic (exact) mass is 223 g/mol. The van der Waals surface area contributed by atoms with E-state index in [0.29, 0.717) is 5.56 Å². The van der Waals surface area contributed by atoms with Gasteiger partial charge in [-0.1, -0.05) is 18.2 Å². The van der Waals surface area contributed by atoms with E-state index < -0.39 is 17.6 Å². The Morgan fingerprint density at radius 1 is 1.38 bits per heavy atom. The summed E-state index contributed by atoms with van der Waals surface area (Å²) in [6, 6.07) is 5.50. The van der Waals surface area contributed by atoms with Crippen LogP contribution in [-0.4, -0.2) is 16.7 Å². The highest BCUT2D eigenvalue weighted by Crippen LogP contribution is 2.24. The molecule has 0 saturated heterocycles. The van der Waals surface area contributed by atoms with Gasteiger partial charge in [0.05, 0.1) is 0 Å². The molecule has 0 aliphatic heterocycles. The fraction of sp³-hybridized carbons (Fsp3) is 0.417. The van der Waals surface area contributed by atoms with Crippen molar-refractivity contribution in [1.29, 1.82) is 0 Å². The van der Waals surface area contributed by atoms with E-state index in [9.17, 15) is 9.90 Å². The van der Waals surface area contributed by atoms with Crippen LogP contribution in [0.25, 0.3) is 0 Å². The molecule has 0 amide bonds. The Labute approximate surface area is 95.0 Å². The van der Waals surface area contributed by atoms with Gasteiger partial charge in [0.25, 0.3) is 0 Å². The summed E-state index contributed by atoms with van der Waals surface area (Å²) in [5.41, 5.74) is 5.50. The van der Waals surface area contributed by atoms with E-state index >= 15 is 0 Å².